The fourth-order valence-electron chi connectivity index (χ4n) is 4.47. The molecular weight excluding hydrogens is 596 g/mol. The van der Waals surface area contributed by atoms with Crippen LogP contribution in [0.1, 0.15) is 17.5 Å². The highest BCUT2D eigenvalue weighted by atomic mass is 35.5. The lowest BCUT2D eigenvalue weighted by atomic mass is 9.97. The van der Waals surface area contributed by atoms with Crippen LogP contribution in [0.5, 0.6) is 0 Å². The molecule has 3 N–H and O–H groups in total. The van der Waals surface area contributed by atoms with E-state index in [2.05, 4.69) is 10.3 Å². The molecule has 1 fully saturated rings. The Morgan fingerprint density at radius 2 is 1.93 bits per heavy atom. The van der Waals surface area contributed by atoms with Crippen molar-refractivity contribution in [1.29, 1.82) is 0 Å². The lowest BCUT2D eigenvalue weighted by Crippen LogP contribution is -2.39. The van der Waals surface area contributed by atoms with Gasteiger partial charge in [-0.1, -0.05) is 17.7 Å². The molecular formula is C25H27ClF4N4O6S. The molecule has 16 heteroatoms. The molecule has 4 heterocycles. The molecule has 0 aliphatic carbocycles. The first-order valence-corrected chi connectivity index (χ1v) is 13.5. The van der Waals surface area contributed by atoms with Crippen molar-refractivity contribution in [1.82, 2.24) is 20.2 Å². The molecule has 1 amide bonds. The maximum Gasteiger partial charge on any atom is 0.471 e. The molecule has 2 aliphatic rings. The molecule has 3 aromatic rings. The molecule has 1 aromatic carbocycles. The Morgan fingerprint density at radius 1 is 1.24 bits per heavy atom. The van der Waals surface area contributed by atoms with Crippen molar-refractivity contribution in [3.8, 4) is 0 Å². The molecule has 0 radical (unpaired) electrons. The summed E-state index contributed by atoms with van der Waals surface area (Å²) in [6, 6.07) is 8.67. The van der Waals surface area contributed by atoms with E-state index in [-0.39, 0.29) is 47.4 Å². The molecule has 41 heavy (non-hydrogen) atoms. The number of carbonyl (C=O) groups is 1. The number of nitrogens with one attached hydrogen (secondary N) is 2. The van der Waals surface area contributed by atoms with Gasteiger partial charge in [-0.25, -0.2) is 4.39 Å². The maximum atomic E-state index is 14.4. The zero-order chi connectivity index (χ0) is 29.3. The Kier molecular flexibility index (Phi) is 9.80. The van der Waals surface area contributed by atoms with E-state index in [9.17, 15) is 40.7 Å². The van der Waals surface area contributed by atoms with E-state index >= 15 is 0 Å². The fourth-order valence-corrected chi connectivity index (χ4v) is 5.43. The second-order valence-corrected chi connectivity index (χ2v) is 11.2. The van der Waals surface area contributed by atoms with Crippen LogP contribution in [0.25, 0.3) is 11.0 Å². The fraction of sp³-hybridized carbons (Fsp3) is 0.400. The molecule has 2 atom stereocenters. The second-order valence-electron chi connectivity index (χ2n) is 9.60. The van der Waals surface area contributed by atoms with Gasteiger partial charge < -0.3 is 20.3 Å². The Labute approximate surface area is 238 Å². The molecule has 2 aromatic heterocycles. The van der Waals surface area contributed by atoms with Crippen LogP contribution >= 0.6 is 12.4 Å². The van der Waals surface area contributed by atoms with Crippen LogP contribution in [0.3, 0.4) is 0 Å². The third-order valence-electron chi connectivity index (χ3n) is 6.57. The summed E-state index contributed by atoms with van der Waals surface area (Å²) in [6.45, 7) is 2.34. The van der Waals surface area contributed by atoms with Crippen molar-refractivity contribution in [3.63, 3.8) is 0 Å². The number of rotatable bonds is 6. The number of carbonyl (C=O) groups excluding carboxylic acids is 1. The number of aromatic nitrogens is 2. The zero-order valence-corrected chi connectivity index (χ0v) is 23.2. The van der Waals surface area contributed by atoms with Crippen LogP contribution in [0, 0.1) is 18.7 Å². The van der Waals surface area contributed by atoms with Crippen LogP contribution in [0.4, 0.5) is 17.6 Å². The molecule has 224 valence electrons. The van der Waals surface area contributed by atoms with E-state index in [1.54, 1.807) is 12.1 Å². The van der Waals surface area contributed by atoms with Crippen LogP contribution in [0.2, 0.25) is 0 Å². The number of amides is 1. The first kappa shape index (κ1) is 32.4. The first-order chi connectivity index (χ1) is 18.7. The summed E-state index contributed by atoms with van der Waals surface area (Å²) in [5.74, 6) is -2.55. The second kappa shape index (κ2) is 12.4. The Morgan fingerprint density at radius 3 is 2.54 bits per heavy atom. The van der Waals surface area contributed by atoms with Crippen molar-refractivity contribution in [2.45, 2.75) is 36.6 Å². The SMILES string of the molecule is Cc1ccc(S(=O)(=O)OC[C@]2(O)Cn3c(=O)ccc4ncc(F)c2c43)cc1.Cl.O=C(NC[C@H]1CCNC1)C(F)(F)F. The third kappa shape index (κ3) is 7.22. The van der Waals surface area contributed by atoms with E-state index in [4.69, 9.17) is 4.18 Å². The van der Waals surface area contributed by atoms with Gasteiger partial charge in [0.1, 0.15) is 18.0 Å². The third-order valence-corrected chi connectivity index (χ3v) is 7.85. The predicted octanol–water partition coefficient (Wildman–Crippen LogP) is 2.15. The quantitative estimate of drug-likeness (QED) is 0.281. The van der Waals surface area contributed by atoms with Gasteiger partial charge in [-0.2, -0.15) is 21.6 Å². The van der Waals surface area contributed by atoms with Gasteiger partial charge in [0.2, 0.25) is 0 Å². The lowest BCUT2D eigenvalue weighted by Gasteiger charge is -2.23. The van der Waals surface area contributed by atoms with Gasteiger partial charge in [-0.3, -0.25) is 18.8 Å². The summed E-state index contributed by atoms with van der Waals surface area (Å²) >= 11 is 0. The van der Waals surface area contributed by atoms with Gasteiger partial charge in [0, 0.05) is 12.6 Å². The number of pyridine rings is 2. The number of halogens is 5. The molecule has 2 aliphatic heterocycles. The highest BCUT2D eigenvalue weighted by molar-refractivity contribution is 7.86. The van der Waals surface area contributed by atoms with E-state index in [1.807, 2.05) is 12.2 Å². The minimum Gasteiger partial charge on any atom is -0.381 e. The Hall–Kier alpha value is -3.11. The van der Waals surface area contributed by atoms with Crippen LogP contribution < -0.4 is 16.2 Å². The van der Waals surface area contributed by atoms with Crippen molar-refractivity contribution in [2.75, 3.05) is 26.2 Å². The van der Waals surface area contributed by atoms with E-state index in [1.165, 1.54) is 28.8 Å². The van der Waals surface area contributed by atoms with Gasteiger partial charge >= 0.3 is 12.1 Å². The smallest absolute Gasteiger partial charge is 0.381 e. The van der Waals surface area contributed by atoms with Crippen molar-refractivity contribution < 1.29 is 40.1 Å². The number of aliphatic hydroxyl groups is 1. The van der Waals surface area contributed by atoms with Gasteiger partial charge in [0.25, 0.3) is 15.7 Å². The number of aryl methyl sites for hydroxylation is 1. The van der Waals surface area contributed by atoms with Crippen molar-refractivity contribution in [2.24, 2.45) is 5.92 Å². The summed E-state index contributed by atoms with van der Waals surface area (Å²) < 4.78 is 80.5. The topological polar surface area (TPSA) is 140 Å². The van der Waals surface area contributed by atoms with Crippen molar-refractivity contribution in [3.05, 3.63) is 69.9 Å². The first-order valence-electron chi connectivity index (χ1n) is 12.1. The average molecular weight is 623 g/mol. The molecule has 0 bridgehead atoms. The summed E-state index contributed by atoms with van der Waals surface area (Å²) in [7, 11) is -4.17. The van der Waals surface area contributed by atoms with Crippen LogP contribution in [-0.4, -0.2) is 61.4 Å². The Balaban J connectivity index is 0.000000280. The molecule has 5 rings (SSSR count). The van der Waals surface area contributed by atoms with E-state index in [0.29, 0.717) is 12.1 Å². The van der Waals surface area contributed by atoms with Gasteiger partial charge in [-0.15, -0.1) is 12.4 Å². The van der Waals surface area contributed by atoms with E-state index in [0.717, 1.165) is 24.7 Å². The number of benzene rings is 1. The number of nitrogens with zero attached hydrogens (tertiary/aromatic N) is 2. The molecule has 0 saturated carbocycles. The number of hydrogen-bond acceptors (Lipinski definition) is 8. The molecule has 1 saturated heterocycles. The summed E-state index contributed by atoms with van der Waals surface area (Å²) in [6.07, 6.45) is -3.01. The zero-order valence-electron chi connectivity index (χ0n) is 21.6. The van der Waals surface area contributed by atoms with Gasteiger partial charge in [0.05, 0.1) is 34.2 Å². The van der Waals surface area contributed by atoms with Crippen LogP contribution in [-0.2, 0) is 31.2 Å². The molecule has 10 nitrogen and oxygen atoms in total. The summed E-state index contributed by atoms with van der Waals surface area (Å²) in [4.78, 5) is 26.3. The standard InChI is InChI=1S/C18H15FN2O5S.C7H11F3N2O.ClH/c1-11-2-4-12(5-3-11)27(24,25)26-10-18(23)9-21-15(22)7-6-14-17(21)16(18)13(19)8-20-14;8-7(9,10)6(13)12-4-5-1-2-11-3-5;/h2-8,23H,9-10H2,1H3;5,11H,1-4H2,(H,12,13);1H/t18-;5-;/m10./s1. The van der Waals surface area contributed by atoms with Gasteiger partial charge in [-0.05, 0) is 50.6 Å². The largest absolute Gasteiger partial charge is 0.471 e. The monoisotopic (exact) mass is 622 g/mol. The summed E-state index contributed by atoms with van der Waals surface area (Å²) in [5, 5.41) is 15.8. The maximum absolute atomic E-state index is 14.4. The van der Waals surface area contributed by atoms with Gasteiger partial charge in [0.15, 0.2) is 0 Å². The van der Waals surface area contributed by atoms with Crippen LogP contribution in [0.15, 0.2) is 52.3 Å². The predicted molar refractivity (Wildman–Crippen MR) is 141 cm³/mol. The van der Waals surface area contributed by atoms with E-state index < -0.39 is 45.8 Å². The number of hydrogen-bond donors (Lipinski definition) is 3. The average Bonchev–Trinajstić information content (AvgIpc) is 3.53. The number of alkyl halides is 3. The van der Waals surface area contributed by atoms with Crippen molar-refractivity contribution >= 4 is 39.5 Å². The highest BCUT2D eigenvalue weighted by Gasteiger charge is 2.43. The lowest BCUT2D eigenvalue weighted by molar-refractivity contribution is -0.173. The molecule has 0 unspecified atom stereocenters. The molecule has 0 spiro atoms. The minimum atomic E-state index is -4.76. The highest BCUT2D eigenvalue weighted by Crippen LogP contribution is 2.37. The summed E-state index contributed by atoms with van der Waals surface area (Å²) in [5.41, 5.74) is -1.32. The minimum absolute atomic E-state index is 0. The Bertz CT molecular complexity index is 1580. The normalized spacial score (nSPS) is 19.8.